The van der Waals surface area contributed by atoms with Crippen LogP contribution in [-0.2, 0) is 14.3 Å². The van der Waals surface area contributed by atoms with Crippen LogP contribution in [0.5, 0.6) is 0 Å². The van der Waals surface area contributed by atoms with E-state index in [4.69, 9.17) is 4.74 Å². The molecule has 0 fully saturated rings. The predicted octanol–water partition coefficient (Wildman–Crippen LogP) is 3.10. The minimum atomic E-state index is -0.796. The molecule has 1 N–H and O–H groups in total. The summed E-state index contributed by atoms with van der Waals surface area (Å²) in [5.74, 6) is -2.47. The lowest BCUT2D eigenvalue weighted by atomic mass is 10.1. The van der Waals surface area contributed by atoms with Gasteiger partial charge >= 0.3 is 11.9 Å². The molecule has 2 aromatic rings. The molecule has 26 heavy (non-hydrogen) atoms. The minimum Gasteiger partial charge on any atom is -0.502 e. The van der Waals surface area contributed by atoms with Crippen molar-refractivity contribution in [1.82, 2.24) is 0 Å². The maximum Gasteiger partial charge on any atom is 0.338 e. The standard InChI is InChI=1S/C20H17NO5/c1-2-12-26-20(25)14-8-10-15(11-9-14)21-18(23)16(17(22)19(21)24)13-6-4-3-5-7-13/h3-11,22H,2,12H2,1H3. The van der Waals surface area contributed by atoms with Crippen molar-refractivity contribution < 1.29 is 24.2 Å². The Kier molecular flexibility index (Phi) is 4.84. The van der Waals surface area contributed by atoms with Crippen molar-refractivity contribution >= 4 is 29.0 Å². The number of nitrogens with zero attached hydrogens (tertiary/aromatic N) is 1. The van der Waals surface area contributed by atoms with Gasteiger partial charge in [-0.25, -0.2) is 9.69 Å². The molecule has 6 heteroatoms. The van der Waals surface area contributed by atoms with Gasteiger partial charge < -0.3 is 9.84 Å². The van der Waals surface area contributed by atoms with Gasteiger partial charge in [0.25, 0.3) is 5.91 Å². The first kappa shape index (κ1) is 17.4. The van der Waals surface area contributed by atoms with Gasteiger partial charge in [-0.1, -0.05) is 37.3 Å². The highest BCUT2D eigenvalue weighted by molar-refractivity contribution is 6.44. The summed E-state index contributed by atoms with van der Waals surface area (Å²) in [5, 5.41) is 10.1. The molecule has 0 unspecified atom stereocenters. The summed E-state index contributed by atoms with van der Waals surface area (Å²) < 4.78 is 5.04. The molecule has 0 bridgehead atoms. The minimum absolute atomic E-state index is 0.0398. The normalized spacial score (nSPS) is 14.1. The molecule has 0 aromatic heterocycles. The van der Waals surface area contributed by atoms with Crippen LogP contribution in [0.15, 0.2) is 60.4 Å². The van der Waals surface area contributed by atoms with Crippen LogP contribution in [0.2, 0.25) is 0 Å². The number of carbonyl (C=O) groups excluding carboxylic acids is 3. The van der Waals surface area contributed by atoms with E-state index in [0.29, 0.717) is 24.2 Å². The SMILES string of the molecule is CCCOC(=O)c1ccc(N2C(=O)C(O)=C(c3ccccc3)C2=O)cc1. The van der Waals surface area contributed by atoms with E-state index >= 15 is 0 Å². The molecular formula is C20H17NO5. The van der Waals surface area contributed by atoms with E-state index in [0.717, 1.165) is 4.90 Å². The monoisotopic (exact) mass is 351 g/mol. The van der Waals surface area contributed by atoms with Crippen molar-refractivity contribution in [1.29, 1.82) is 0 Å². The molecule has 1 aliphatic heterocycles. The number of benzene rings is 2. The lowest BCUT2D eigenvalue weighted by Crippen LogP contribution is -2.31. The summed E-state index contributed by atoms with van der Waals surface area (Å²) in [5.41, 5.74) is 1.01. The Morgan fingerprint density at radius 2 is 1.65 bits per heavy atom. The predicted molar refractivity (Wildman–Crippen MR) is 95.5 cm³/mol. The average Bonchev–Trinajstić information content (AvgIpc) is 2.89. The number of anilines is 1. The molecule has 0 spiro atoms. The number of hydrogen-bond acceptors (Lipinski definition) is 5. The van der Waals surface area contributed by atoms with Crippen molar-refractivity contribution in [2.75, 3.05) is 11.5 Å². The van der Waals surface area contributed by atoms with Crippen LogP contribution in [0, 0.1) is 0 Å². The van der Waals surface area contributed by atoms with E-state index in [1.54, 1.807) is 30.3 Å². The van der Waals surface area contributed by atoms with Crippen LogP contribution in [0.1, 0.15) is 29.3 Å². The second-order valence-corrected chi connectivity index (χ2v) is 5.72. The molecule has 6 nitrogen and oxygen atoms in total. The van der Waals surface area contributed by atoms with Gasteiger partial charge in [-0.15, -0.1) is 0 Å². The quantitative estimate of drug-likeness (QED) is 0.661. The molecule has 0 aliphatic carbocycles. The number of esters is 1. The zero-order chi connectivity index (χ0) is 18.7. The third-order valence-electron chi connectivity index (χ3n) is 3.92. The highest BCUT2D eigenvalue weighted by Gasteiger charge is 2.40. The topological polar surface area (TPSA) is 83.9 Å². The Morgan fingerprint density at radius 1 is 1.00 bits per heavy atom. The van der Waals surface area contributed by atoms with Crippen molar-refractivity contribution in [2.24, 2.45) is 0 Å². The van der Waals surface area contributed by atoms with Gasteiger partial charge in [0.05, 0.1) is 23.4 Å². The number of hydrogen-bond donors (Lipinski definition) is 1. The number of imide groups is 1. The molecular weight excluding hydrogens is 334 g/mol. The number of carbonyl (C=O) groups is 3. The second kappa shape index (κ2) is 7.23. The molecule has 2 amide bonds. The van der Waals surface area contributed by atoms with Crippen LogP contribution in [0.4, 0.5) is 5.69 Å². The van der Waals surface area contributed by atoms with Gasteiger partial charge in [-0.05, 0) is 36.2 Å². The third kappa shape index (κ3) is 3.09. The zero-order valence-electron chi connectivity index (χ0n) is 14.1. The van der Waals surface area contributed by atoms with Gasteiger partial charge in [0.2, 0.25) is 0 Å². The molecule has 2 aromatic carbocycles. The maximum atomic E-state index is 12.7. The molecule has 0 atom stereocenters. The van der Waals surface area contributed by atoms with Crippen molar-refractivity contribution in [2.45, 2.75) is 13.3 Å². The van der Waals surface area contributed by atoms with Gasteiger partial charge in [0.15, 0.2) is 5.76 Å². The number of aliphatic hydroxyl groups excluding tert-OH is 1. The first-order valence-corrected chi connectivity index (χ1v) is 8.19. The van der Waals surface area contributed by atoms with Crippen molar-refractivity contribution in [3.8, 4) is 0 Å². The molecule has 0 saturated carbocycles. The van der Waals surface area contributed by atoms with E-state index in [1.807, 2.05) is 6.92 Å². The number of amides is 2. The van der Waals surface area contributed by atoms with E-state index in [9.17, 15) is 19.5 Å². The number of rotatable bonds is 5. The van der Waals surface area contributed by atoms with E-state index in [-0.39, 0.29) is 11.3 Å². The van der Waals surface area contributed by atoms with Gasteiger partial charge in [0, 0.05) is 0 Å². The fourth-order valence-corrected chi connectivity index (χ4v) is 2.64. The summed E-state index contributed by atoms with van der Waals surface area (Å²) in [6, 6.07) is 14.4. The summed E-state index contributed by atoms with van der Waals surface area (Å²) in [4.78, 5) is 37.8. The molecule has 1 heterocycles. The molecule has 132 valence electrons. The summed E-state index contributed by atoms with van der Waals surface area (Å²) in [7, 11) is 0. The Hall–Kier alpha value is -3.41. The average molecular weight is 351 g/mol. The fraction of sp³-hybridized carbons (Fsp3) is 0.150. The molecule has 3 rings (SSSR count). The lowest BCUT2D eigenvalue weighted by molar-refractivity contribution is -0.121. The largest absolute Gasteiger partial charge is 0.502 e. The highest BCUT2D eigenvalue weighted by atomic mass is 16.5. The molecule has 0 radical (unpaired) electrons. The van der Waals surface area contributed by atoms with Crippen molar-refractivity contribution in [3.05, 3.63) is 71.5 Å². The van der Waals surface area contributed by atoms with Gasteiger partial charge in [0.1, 0.15) is 0 Å². The maximum absolute atomic E-state index is 12.7. The van der Waals surface area contributed by atoms with Crippen LogP contribution < -0.4 is 4.90 Å². The van der Waals surface area contributed by atoms with Crippen LogP contribution in [-0.4, -0.2) is 29.5 Å². The highest BCUT2D eigenvalue weighted by Crippen LogP contribution is 2.31. The lowest BCUT2D eigenvalue weighted by Gasteiger charge is -2.15. The van der Waals surface area contributed by atoms with E-state index in [2.05, 4.69) is 0 Å². The van der Waals surface area contributed by atoms with E-state index in [1.165, 1.54) is 24.3 Å². The Labute approximate surface area is 150 Å². The summed E-state index contributed by atoms with van der Waals surface area (Å²) in [6.07, 6.45) is 0.716. The van der Waals surface area contributed by atoms with Crippen LogP contribution in [0.3, 0.4) is 0 Å². The molecule has 1 aliphatic rings. The number of ether oxygens (including phenoxy) is 1. The smallest absolute Gasteiger partial charge is 0.338 e. The zero-order valence-corrected chi connectivity index (χ0v) is 14.1. The van der Waals surface area contributed by atoms with Gasteiger partial charge in [-0.3, -0.25) is 9.59 Å². The van der Waals surface area contributed by atoms with Gasteiger partial charge in [-0.2, -0.15) is 0 Å². The Morgan fingerprint density at radius 3 is 2.27 bits per heavy atom. The fourth-order valence-electron chi connectivity index (χ4n) is 2.64. The van der Waals surface area contributed by atoms with E-state index < -0.39 is 23.5 Å². The third-order valence-corrected chi connectivity index (χ3v) is 3.92. The second-order valence-electron chi connectivity index (χ2n) is 5.72. The number of aliphatic hydroxyl groups is 1. The van der Waals surface area contributed by atoms with Crippen LogP contribution in [0.25, 0.3) is 5.57 Å². The Balaban J connectivity index is 1.86. The molecule has 0 saturated heterocycles. The summed E-state index contributed by atoms with van der Waals surface area (Å²) >= 11 is 0. The van der Waals surface area contributed by atoms with Crippen LogP contribution >= 0.6 is 0 Å². The first-order valence-electron chi connectivity index (χ1n) is 8.19. The Bertz CT molecular complexity index is 884. The van der Waals surface area contributed by atoms with Crippen molar-refractivity contribution in [3.63, 3.8) is 0 Å². The summed E-state index contributed by atoms with van der Waals surface area (Å²) in [6.45, 7) is 2.21. The first-order chi connectivity index (χ1) is 12.5.